The highest BCUT2D eigenvalue weighted by atomic mass is 32.2. The lowest BCUT2D eigenvalue weighted by Gasteiger charge is -1.97. The quantitative estimate of drug-likeness (QED) is 0.639. The van der Waals surface area contributed by atoms with Gasteiger partial charge in [-0.25, -0.2) is 9.13 Å². The summed E-state index contributed by atoms with van der Waals surface area (Å²) in [4.78, 5) is 0. The van der Waals surface area contributed by atoms with E-state index < -0.39 is 13.5 Å². The van der Waals surface area contributed by atoms with Gasteiger partial charge in [-0.2, -0.15) is 11.8 Å². The SMILES string of the molecule is CSCC[C@H](N)P(=O)=O. The zero-order chi connectivity index (χ0) is 7.28. The molecule has 0 heterocycles. The van der Waals surface area contributed by atoms with E-state index in [1.54, 1.807) is 11.8 Å². The highest BCUT2D eigenvalue weighted by Gasteiger charge is 2.05. The molecular weight excluding hydrogens is 157 g/mol. The summed E-state index contributed by atoms with van der Waals surface area (Å²) >= 11 is 1.60. The average molecular weight is 167 g/mol. The first-order valence-corrected chi connectivity index (χ1v) is 5.20. The predicted molar refractivity (Wildman–Crippen MR) is 39.3 cm³/mol. The Kier molecular flexibility index (Phi) is 5.15. The Morgan fingerprint density at radius 2 is 2.22 bits per heavy atom. The van der Waals surface area contributed by atoms with E-state index in [-0.39, 0.29) is 0 Å². The maximum Gasteiger partial charge on any atom is 0.332 e. The minimum absolute atomic E-state index is 0.555. The number of rotatable bonds is 4. The van der Waals surface area contributed by atoms with E-state index in [1.807, 2.05) is 6.26 Å². The Hall–Kier alpha value is 0.210. The molecule has 0 spiro atoms. The van der Waals surface area contributed by atoms with Crippen molar-refractivity contribution in [2.75, 3.05) is 12.0 Å². The standard InChI is InChI=1S/C4H10NO2PS/c1-9-3-2-4(5)8(6)7/h4H,2-3,5H2,1H3/t4-/m1/s1. The highest BCUT2D eigenvalue weighted by Crippen LogP contribution is 2.13. The van der Waals surface area contributed by atoms with Gasteiger partial charge in [-0.15, -0.1) is 0 Å². The molecule has 9 heavy (non-hydrogen) atoms. The summed E-state index contributed by atoms with van der Waals surface area (Å²) < 4.78 is 20.2. The van der Waals surface area contributed by atoms with Crippen LogP contribution in [-0.4, -0.2) is 17.8 Å². The van der Waals surface area contributed by atoms with E-state index >= 15 is 0 Å². The summed E-state index contributed by atoms with van der Waals surface area (Å²) in [7, 11) is -2.41. The fraction of sp³-hybridized carbons (Fsp3) is 1.00. The van der Waals surface area contributed by atoms with Crippen LogP contribution >= 0.6 is 19.4 Å². The summed E-state index contributed by atoms with van der Waals surface area (Å²) in [6, 6.07) is 0. The molecule has 54 valence electrons. The molecule has 0 amide bonds. The Bertz CT molecular complexity index is 129. The smallest absolute Gasteiger partial charge is 0.316 e. The zero-order valence-electron chi connectivity index (χ0n) is 5.24. The predicted octanol–water partition coefficient (Wildman–Crippen LogP) is 1.20. The molecule has 0 aromatic carbocycles. The fourth-order valence-electron chi connectivity index (χ4n) is 0.344. The molecule has 0 saturated carbocycles. The molecule has 0 fully saturated rings. The van der Waals surface area contributed by atoms with Crippen LogP contribution in [-0.2, 0) is 9.13 Å². The molecule has 0 aromatic heterocycles. The van der Waals surface area contributed by atoms with Gasteiger partial charge in [0.05, 0.1) is 0 Å². The van der Waals surface area contributed by atoms with Crippen molar-refractivity contribution in [3.05, 3.63) is 0 Å². The van der Waals surface area contributed by atoms with Crippen molar-refractivity contribution < 1.29 is 9.13 Å². The van der Waals surface area contributed by atoms with Crippen molar-refractivity contribution >= 4 is 19.4 Å². The third kappa shape index (κ3) is 4.70. The first-order chi connectivity index (χ1) is 4.18. The van der Waals surface area contributed by atoms with Gasteiger partial charge in [0.1, 0.15) is 5.78 Å². The molecule has 0 aliphatic carbocycles. The van der Waals surface area contributed by atoms with Gasteiger partial charge in [0.15, 0.2) is 0 Å². The zero-order valence-corrected chi connectivity index (χ0v) is 6.95. The summed E-state index contributed by atoms with van der Waals surface area (Å²) in [5.41, 5.74) is 5.19. The minimum atomic E-state index is -2.41. The van der Waals surface area contributed by atoms with Gasteiger partial charge >= 0.3 is 7.68 Å². The van der Waals surface area contributed by atoms with Crippen molar-refractivity contribution in [2.24, 2.45) is 5.73 Å². The van der Waals surface area contributed by atoms with Crippen LogP contribution < -0.4 is 5.73 Å². The van der Waals surface area contributed by atoms with Gasteiger partial charge in [-0.1, -0.05) is 0 Å². The minimum Gasteiger partial charge on any atom is -0.316 e. The molecule has 0 aliphatic heterocycles. The van der Waals surface area contributed by atoms with Gasteiger partial charge < -0.3 is 5.73 Å². The molecule has 0 aliphatic rings. The van der Waals surface area contributed by atoms with Crippen LogP contribution in [0.3, 0.4) is 0 Å². The average Bonchev–Trinajstić information content (AvgIpc) is 1.82. The first-order valence-electron chi connectivity index (χ1n) is 2.56. The number of hydrogen-bond acceptors (Lipinski definition) is 4. The molecule has 0 unspecified atom stereocenters. The molecule has 0 radical (unpaired) electrons. The van der Waals surface area contributed by atoms with E-state index in [0.717, 1.165) is 5.75 Å². The van der Waals surface area contributed by atoms with Gasteiger partial charge in [0.25, 0.3) is 0 Å². The molecule has 3 nitrogen and oxygen atoms in total. The monoisotopic (exact) mass is 167 g/mol. The van der Waals surface area contributed by atoms with Crippen LogP contribution in [0.25, 0.3) is 0 Å². The Morgan fingerprint density at radius 3 is 2.56 bits per heavy atom. The fourth-order valence-corrected chi connectivity index (χ4v) is 1.35. The van der Waals surface area contributed by atoms with Gasteiger partial charge in [0.2, 0.25) is 0 Å². The number of nitrogens with two attached hydrogens (primary N) is 1. The molecule has 5 heteroatoms. The van der Waals surface area contributed by atoms with Crippen LogP contribution in [0.4, 0.5) is 0 Å². The second kappa shape index (κ2) is 5.03. The summed E-state index contributed by atoms with van der Waals surface area (Å²) in [6.45, 7) is 0. The molecular formula is C4H10NO2PS. The number of hydrogen-bond donors (Lipinski definition) is 1. The van der Waals surface area contributed by atoms with Crippen molar-refractivity contribution in [1.29, 1.82) is 0 Å². The van der Waals surface area contributed by atoms with E-state index in [9.17, 15) is 9.13 Å². The van der Waals surface area contributed by atoms with Crippen LogP contribution in [0.15, 0.2) is 0 Å². The normalized spacial score (nSPS) is 13.1. The molecule has 0 saturated heterocycles. The topological polar surface area (TPSA) is 60.2 Å². The van der Waals surface area contributed by atoms with Crippen LogP contribution in [0.2, 0.25) is 0 Å². The lowest BCUT2D eigenvalue weighted by Crippen LogP contribution is -2.13. The van der Waals surface area contributed by atoms with Gasteiger partial charge in [-0.3, -0.25) is 0 Å². The lowest BCUT2D eigenvalue weighted by molar-refractivity contribution is 0.503. The molecule has 0 rings (SSSR count). The van der Waals surface area contributed by atoms with E-state index in [0.29, 0.717) is 6.42 Å². The molecule has 1 atom stereocenters. The maximum atomic E-state index is 10.1. The Morgan fingerprint density at radius 1 is 1.67 bits per heavy atom. The van der Waals surface area contributed by atoms with Crippen molar-refractivity contribution in [1.82, 2.24) is 0 Å². The van der Waals surface area contributed by atoms with Gasteiger partial charge in [-0.05, 0) is 18.4 Å². The number of thioether (sulfide) groups is 1. The summed E-state index contributed by atoms with van der Waals surface area (Å²) in [5.74, 6) is 0.164. The Labute approximate surface area is 59.2 Å². The van der Waals surface area contributed by atoms with Gasteiger partial charge in [0, 0.05) is 0 Å². The van der Waals surface area contributed by atoms with Crippen molar-refractivity contribution in [3.8, 4) is 0 Å². The Balaban J connectivity index is 3.38. The van der Waals surface area contributed by atoms with E-state index in [2.05, 4.69) is 0 Å². The maximum absolute atomic E-state index is 10.1. The largest absolute Gasteiger partial charge is 0.332 e. The van der Waals surface area contributed by atoms with E-state index in [1.165, 1.54) is 0 Å². The summed E-state index contributed by atoms with van der Waals surface area (Å²) in [6.07, 6.45) is 2.48. The summed E-state index contributed by atoms with van der Waals surface area (Å²) in [5, 5.41) is 0. The van der Waals surface area contributed by atoms with Crippen LogP contribution in [0, 0.1) is 0 Å². The first kappa shape index (κ1) is 9.21. The second-order valence-electron chi connectivity index (χ2n) is 1.63. The van der Waals surface area contributed by atoms with E-state index in [4.69, 9.17) is 5.73 Å². The van der Waals surface area contributed by atoms with Crippen molar-refractivity contribution in [2.45, 2.75) is 12.2 Å². The molecule has 0 aromatic rings. The van der Waals surface area contributed by atoms with Crippen molar-refractivity contribution in [3.63, 3.8) is 0 Å². The highest BCUT2D eigenvalue weighted by molar-refractivity contribution is 7.98. The third-order valence-electron chi connectivity index (χ3n) is 0.889. The lowest BCUT2D eigenvalue weighted by atomic mass is 10.5. The van der Waals surface area contributed by atoms with Crippen LogP contribution in [0.1, 0.15) is 6.42 Å². The van der Waals surface area contributed by atoms with Crippen LogP contribution in [0.5, 0.6) is 0 Å². The second-order valence-corrected chi connectivity index (χ2v) is 3.85. The third-order valence-corrected chi connectivity index (χ3v) is 2.33. The molecule has 2 N–H and O–H groups in total. The molecule has 0 bridgehead atoms.